The zero-order valence-corrected chi connectivity index (χ0v) is 15.1. The molecule has 0 bridgehead atoms. The lowest BCUT2D eigenvalue weighted by molar-refractivity contribution is -0.385. The molecular weight excluding hydrogens is 393 g/mol. The van der Waals surface area contributed by atoms with Gasteiger partial charge in [0.2, 0.25) is 0 Å². The summed E-state index contributed by atoms with van der Waals surface area (Å²) in [6, 6.07) is 8.31. The molecule has 0 amide bonds. The molecule has 3 rings (SSSR count). The number of esters is 1. The number of carbonyl (C=O) groups excluding carboxylic acids is 1. The standard InChI is InChI=1S/C19H17F3N2O5/c20-19(21,22)14-3-1-13(2-4-14)12-29-18(25)16-11-15(5-6-17(16)24(26)27)23-7-9-28-10-8-23/h1-6,11H,7-10,12H2. The van der Waals surface area contributed by atoms with Crippen molar-refractivity contribution in [2.24, 2.45) is 0 Å². The fourth-order valence-electron chi connectivity index (χ4n) is 2.88. The van der Waals surface area contributed by atoms with Crippen LogP contribution in [0.4, 0.5) is 24.5 Å². The number of rotatable bonds is 5. The summed E-state index contributed by atoms with van der Waals surface area (Å²) >= 11 is 0. The zero-order chi connectivity index (χ0) is 21.0. The summed E-state index contributed by atoms with van der Waals surface area (Å²) in [5.74, 6) is -0.924. The van der Waals surface area contributed by atoms with Crippen LogP contribution in [0.5, 0.6) is 0 Å². The number of morpholine rings is 1. The molecule has 1 fully saturated rings. The molecule has 2 aromatic rings. The first-order chi connectivity index (χ1) is 13.8. The van der Waals surface area contributed by atoms with Gasteiger partial charge in [-0.25, -0.2) is 4.79 Å². The van der Waals surface area contributed by atoms with Crippen LogP contribution < -0.4 is 4.90 Å². The molecule has 7 nitrogen and oxygen atoms in total. The number of hydrogen-bond donors (Lipinski definition) is 0. The largest absolute Gasteiger partial charge is 0.457 e. The first kappa shape index (κ1) is 20.6. The number of alkyl halides is 3. The van der Waals surface area contributed by atoms with Crippen LogP contribution >= 0.6 is 0 Å². The molecule has 0 N–H and O–H groups in total. The molecule has 10 heteroatoms. The van der Waals surface area contributed by atoms with Crippen LogP contribution in [0.15, 0.2) is 42.5 Å². The first-order valence-corrected chi connectivity index (χ1v) is 8.70. The quantitative estimate of drug-likeness (QED) is 0.424. The van der Waals surface area contributed by atoms with Crippen molar-refractivity contribution in [3.8, 4) is 0 Å². The minimum Gasteiger partial charge on any atom is -0.457 e. The number of hydrogen-bond acceptors (Lipinski definition) is 6. The molecule has 0 aliphatic carbocycles. The Hall–Kier alpha value is -3.14. The summed E-state index contributed by atoms with van der Waals surface area (Å²) in [5.41, 5.74) is -0.481. The van der Waals surface area contributed by atoms with Gasteiger partial charge < -0.3 is 14.4 Å². The Morgan fingerprint density at radius 1 is 1.14 bits per heavy atom. The van der Waals surface area contributed by atoms with E-state index in [1.165, 1.54) is 24.3 Å². The Kier molecular flexibility index (Phi) is 6.02. The lowest BCUT2D eigenvalue weighted by Gasteiger charge is -2.29. The van der Waals surface area contributed by atoms with Crippen LogP contribution in [0.25, 0.3) is 0 Å². The van der Waals surface area contributed by atoms with Gasteiger partial charge in [-0.2, -0.15) is 13.2 Å². The fraction of sp³-hybridized carbons (Fsp3) is 0.316. The molecule has 0 saturated carbocycles. The van der Waals surface area contributed by atoms with Gasteiger partial charge in [-0.1, -0.05) is 12.1 Å². The number of anilines is 1. The maximum Gasteiger partial charge on any atom is 0.416 e. The molecule has 2 aromatic carbocycles. The van der Waals surface area contributed by atoms with E-state index >= 15 is 0 Å². The first-order valence-electron chi connectivity index (χ1n) is 8.70. The summed E-state index contributed by atoms with van der Waals surface area (Å²) in [6.45, 7) is 1.86. The van der Waals surface area contributed by atoms with Gasteiger partial charge in [-0.3, -0.25) is 10.1 Å². The second-order valence-electron chi connectivity index (χ2n) is 6.33. The fourth-order valence-corrected chi connectivity index (χ4v) is 2.88. The molecule has 0 aromatic heterocycles. The minimum atomic E-state index is -4.46. The molecule has 1 saturated heterocycles. The Balaban J connectivity index is 1.75. The molecule has 29 heavy (non-hydrogen) atoms. The van der Waals surface area contributed by atoms with E-state index in [1.54, 1.807) is 6.07 Å². The number of carbonyl (C=O) groups is 1. The number of nitro groups is 1. The second-order valence-corrected chi connectivity index (χ2v) is 6.33. The van der Waals surface area contributed by atoms with Crippen LogP contribution in [0.1, 0.15) is 21.5 Å². The summed E-state index contributed by atoms with van der Waals surface area (Å²) in [6.07, 6.45) is -4.46. The smallest absolute Gasteiger partial charge is 0.416 e. The van der Waals surface area contributed by atoms with E-state index in [4.69, 9.17) is 9.47 Å². The highest BCUT2D eigenvalue weighted by atomic mass is 19.4. The Labute approximate surface area is 163 Å². The molecule has 1 aliphatic heterocycles. The summed E-state index contributed by atoms with van der Waals surface area (Å²) in [5, 5.41) is 11.3. The second kappa shape index (κ2) is 8.48. The third-order valence-corrected chi connectivity index (χ3v) is 4.42. The number of nitro benzene ring substituents is 1. The molecular formula is C19H17F3N2O5. The topological polar surface area (TPSA) is 81.9 Å². The van der Waals surface area contributed by atoms with Gasteiger partial charge in [0.15, 0.2) is 0 Å². The van der Waals surface area contributed by atoms with Gasteiger partial charge in [0.25, 0.3) is 5.69 Å². The molecule has 1 aliphatic rings. The Morgan fingerprint density at radius 3 is 2.38 bits per heavy atom. The van der Waals surface area contributed by atoms with E-state index < -0.39 is 28.3 Å². The highest BCUT2D eigenvalue weighted by Gasteiger charge is 2.30. The van der Waals surface area contributed by atoms with Crippen molar-refractivity contribution in [3.05, 3.63) is 69.3 Å². The number of benzene rings is 2. The predicted octanol–water partition coefficient (Wildman–Crippen LogP) is 3.81. The van der Waals surface area contributed by atoms with Gasteiger partial charge in [-0.15, -0.1) is 0 Å². The van der Waals surface area contributed by atoms with Crippen molar-refractivity contribution in [2.75, 3.05) is 31.2 Å². The number of ether oxygens (including phenoxy) is 2. The van der Waals surface area contributed by atoms with Crippen LogP contribution in [0.2, 0.25) is 0 Å². The average Bonchev–Trinajstić information content (AvgIpc) is 2.71. The van der Waals surface area contributed by atoms with Crippen molar-refractivity contribution in [3.63, 3.8) is 0 Å². The van der Waals surface area contributed by atoms with E-state index in [0.29, 0.717) is 37.6 Å². The van der Waals surface area contributed by atoms with Crippen LogP contribution in [0, 0.1) is 10.1 Å². The van der Waals surface area contributed by atoms with Crippen LogP contribution in [-0.2, 0) is 22.3 Å². The van der Waals surface area contributed by atoms with Crippen molar-refractivity contribution in [1.29, 1.82) is 0 Å². The van der Waals surface area contributed by atoms with Crippen molar-refractivity contribution in [2.45, 2.75) is 12.8 Å². The molecule has 154 valence electrons. The van der Waals surface area contributed by atoms with Crippen molar-refractivity contribution in [1.82, 2.24) is 0 Å². The maximum absolute atomic E-state index is 12.6. The highest BCUT2D eigenvalue weighted by molar-refractivity contribution is 5.95. The van der Waals surface area contributed by atoms with E-state index in [2.05, 4.69) is 0 Å². The summed E-state index contributed by atoms with van der Waals surface area (Å²) in [4.78, 5) is 25.0. The van der Waals surface area contributed by atoms with E-state index in [1.807, 2.05) is 4.90 Å². The minimum absolute atomic E-state index is 0.217. The summed E-state index contributed by atoms with van der Waals surface area (Å²) in [7, 11) is 0. The van der Waals surface area contributed by atoms with Gasteiger partial charge in [0.1, 0.15) is 12.2 Å². The van der Waals surface area contributed by atoms with E-state index in [0.717, 1.165) is 12.1 Å². The van der Waals surface area contributed by atoms with Crippen molar-refractivity contribution >= 4 is 17.3 Å². The molecule has 0 spiro atoms. The highest BCUT2D eigenvalue weighted by Crippen LogP contribution is 2.30. The Morgan fingerprint density at radius 2 is 1.79 bits per heavy atom. The maximum atomic E-state index is 12.6. The van der Waals surface area contributed by atoms with Crippen molar-refractivity contribution < 1.29 is 32.4 Å². The molecule has 0 atom stereocenters. The lowest BCUT2D eigenvalue weighted by atomic mass is 10.1. The third kappa shape index (κ3) is 5.02. The van der Waals surface area contributed by atoms with Gasteiger partial charge in [-0.05, 0) is 29.8 Å². The Bertz CT molecular complexity index is 894. The van der Waals surface area contributed by atoms with E-state index in [9.17, 15) is 28.1 Å². The predicted molar refractivity (Wildman–Crippen MR) is 96.7 cm³/mol. The van der Waals surface area contributed by atoms with Crippen LogP contribution in [0.3, 0.4) is 0 Å². The monoisotopic (exact) mass is 410 g/mol. The van der Waals surface area contributed by atoms with Gasteiger partial charge in [0.05, 0.1) is 23.7 Å². The average molecular weight is 410 g/mol. The van der Waals surface area contributed by atoms with Gasteiger partial charge in [0, 0.05) is 24.8 Å². The lowest BCUT2D eigenvalue weighted by Crippen LogP contribution is -2.36. The normalized spacial score (nSPS) is 14.5. The van der Waals surface area contributed by atoms with E-state index in [-0.39, 0.29) is 12.2 Å². The zero-order valence-electron chi connectivity index (χ0n) is 15.1. The SMILES string of the molecule is O=C(OCc1ccc(C(F)(F)F)cc1)c1cc(N2CCOCC2)ccc1[N+](=O)[O-]. The summed E-state index contributed by atoms with van der Waals surface area (Å²) < 4.78 is 48.2. The molecule has 0 unspecified atom stereocenters. The van der Waals surface area contributed by atoms with Gasteiger partial charge >= 0.3 is 12.1 Å². The molecule has 1 heterocycles. The third-order valence-electron chi connectivity index (χ3n) is 4.42. The van der Waals surface area contributed by atoms with Crippen LogP contribution in [-0.4, -0.2) is 37.2 Å². The number of halogens is 3. The molecule has 0 radical (unpaired) electrons. The number of nitrogens with zero attached hydrogens (tertiary/aromatic N) is 2.